The summed E-state index contributed by atoms with van der Waals surface area (Å²) in [7, 11) is 0. The molecule has 0 unspecified atom stereocenters. The Morgan fingerprint density at radius 2 is 1.90 bits per heavy atom. The van der Waals surface area contributed by atoms with Crippen LogP contribution in [-0.2, 0) is 0 Å². The number of anilines is 1. The van der Waals surface area contributed by atoms with Crippen molar-refractivity contribution in [2.45, 2.75) is 31.3 Å². The van der Waals surface area contributed by atoms with Crippen LogP contribution < -0.4 is 10.1 Å². The van der Waals surface area contributed by atoms with Crippen molar-refractivity contribution in [1.82, 2.24) is 9.97 Å². The minimum absolute atomic E-state index is 0.0242. The molecule has 160 valence electrons. The molecule has 1 aromatic heterocycles. The molecule has 0 saturated carbocycles. The molecule has 2 aromatic rings. The summed E-state index contributed by atoms with van der Waals surface area (Å²) in [4.78, 5) is 7.74. The van der Waals surface area contributed by atoms with Gasteiger partial charge in [0.15, 0.2) is 11.6 Å². The van der Waals surface area contributed by atoms with Gasteiger partial charge >= 0.3 is 6.18 Å². The fourth-order valence-corrected chi connectivity index (χ4v) is 3.26. The molecule has 1 heterocycles. The molecule has 0 amide bonds. The molecule has 0 radical (unpaired) electrons. The van der Waals surface area contributed by atoms with Gasteiger partial charge in [-0.1, -0.05) is 11.6 Å². The number of aromatic nitrogens is 2. The van der Waals surface area contributed by atoms with E-state index in [-0.39, 0.29) is 40.5 Å². The molecular weight excluding hydrogens is 444 g/mol. The number of aryl methyl sites for hydroxylation is 2. The summed E-state index contributed by atoms with van der Waals surface area (Å²) >= 11 is 6.37. The molecular formula is C17H16ClF6N3OS. The van der Waals surface area contributed by atoms with Crippen LogP contribution in [0.5, 0.6) is 5.75 Å². The molecule has 0 spiro atoms. The van der Waals surface area contributed by atoms with Crippen LogP contribution in [0.15, 0.2) is 17.0 Å². The summed E-state index contributed by atoms with van der Waals surface area (Å²) < 4.78 is 82.3. The van der Waals surface area contributed by atoms with Gasteiger partial charge in [0, 0.05) is 4.90 Å². The number of ether oxygens (including phenoxy) is 1. The van der Waals surface area contributed by atoms with E-state index < -0.39 is 29.9 Å². The van der Waals surface area contributed by atoms with E-state index in [9.17, 15) is 26.3 Å². The zero-order chi connectivity index (χ0) is 21.8. The molecule has 1 aromatic carbocycles. The van der Waals surface area contributed by atoms with Crippen LogP contribution >= 0.6 is 23.4 Å². The predicted molar refractivity (Wildman–Crippen MR) is 98.6 cm³/mol. The fraction of sp³-hybridized carbons (Fsp3) is 0.412. The van der Waals surface area contributed by atoms with E-state index >= 15 is 0 Å². The van der Waals surface area contributed by atoms with Gasteiger partial charge in [-0.15, -0.1) is 11.8 Å². The van der Waals surface area contributed by atoms with E-state index in [0.717, 1.165) is 6.07 Å². The first-order valence-electron chi connectivity index (χ1n) is 8.16. The Morgan fingerprint density at radius 1 is 1.21 bits per heavy atom. The first kappa shape index (κ1) is 23.4. The molecule has 1 N–H and O–H groups in total. The molecule has 2 rings (SSSR count). The highest BCUT2D eigenvalue weighted by Crippen LogP contribution is 2.33. The number of hydrogen-bond acceptors (Lipinski definition) is 5. The number of thioether (sulfide) groups is 1. The molecule has 0 aliphatic carbocycles. The van der Waals surface area contributed by atoms with Gasteiger partial charge in [0.2, 0.25) is 0 Å². The van der Waals surface area contributed by atoms with Gasteiger partial charge in [-0.05, 0) is 31.5 Å². The van der Waals surface area contributed by atoms with E-state index in [1.54, 1.807) is 0 Å². The highest BCUT2D eigenvalue weighted by Gasteiger charge is 2.28. The van der Waals surface area contributed by atoms with E-state index in [1.165, 1.54) is 19.9 Å². The highest BCUT2D eigenvalue weighted by molar-refractivity contribution is 7.99. The van der Waals surface area contributed by atoms with Crippen molar-refractivity contribution >= 4 is 29.2 Å². The molecule has 0 bridgehead atoms. The van der Waals surface area contributed by atoms with Crippen molar-refractivity contribution in [2.75, 3.05) is 24.2 Å². The topological polar surface area (TPSA) is 47.0 Å². The van der Waals surface area contributed by atoms with Crippen LogP contribution in [0.3, 0.4) is 0 Å². The smallest absolute Gasteiger partial charge is 0.398 e. The van der Waals surface area contributed by atoms with E-state index in [0.29, 0.717) is 17.3 Å². The lowest BCUT2D eigenvalue weighted by Crippen LogP contribution is -2.15. The fourth-order valence-electron chi connectivity index (χ4n) is 2.23. The van der Waals surface area contributed by atoms with E-state index in [1.807, 2.05) is 0 Å². The lowest BCUT2D eigenvalue weighted by Gasteiger charge is -2.14. The maximum absolute atomic E-state index is 14.0. The number of benzene rings is 1. The van der Waals surface area contributed by atoms with Gasteiger partial charge in [0.25, 0.3) is 6.43 Å². The third kappa shape index (κ3) is 6.84. The Hall–Kier alpha value is -1.88. The standard InChI is InChI=1S/C17H16ClF6N3OS/c1-8-5-10(19)11(6-12(8)29-7-17(22,23)24)28-4-3-25-16-13(18)14(15(20)21)26-9(2)27-16/h5-6,15H,3-4,7H2,1-2H3,(H,25,26,27). The number of hydrogen-bond donors (Lipinski definition) is 1. The van der Waals surface area contributed by atoms with Crippen molar-refractivity contribution in [2.24, 2.45) is 0 Å². The van der Waals surface area contributed by atoms with Crippen molar-refractivity contribution < 1.29 is 31.1 Å². The Kier molecular flexibility index (Phi) is 7.87. The quantitative estimate of drug-likeness (QED) is 0.299. The van der Waals surface area contributed by atoms with Crippen LogP contribution in [0.4, 0.5) is 32.2 Å². The Balaban J connectivity index is 2.01. The Labute approximate surface area is 172 Å². The zero-order valence-corrected chi connectivity index (χ0v) is 16.8. The van der Waals surface area contributed by atoms with Crippen molar-refractivity contribution in [3.05, 3.63) is 40.1 Å². The average molecular weight is 460 g/mol. The van der Waals surface area contributed by atoms with Crippen molar-refractivity contribution in [1.29, 1.82) is 0 Å². The summed E-state index contributed by atoms with van der Waals surface area (Å²) in [5.74, 6) is -2.00. The second-order valence-corrected chi connectivity index (χ2v) is 7.24. The average Bonchev–Trinajstić information content (AvgIpc) is 2.60. The molecule has 29 heavy (non-hydrogen) atoms. The van der Waals surface area contributed by atoms with Crippen molar-refractivity contribution in [3.63, 3.8) is 0 Å². The molecule has 0 atom stereocenters. The maximum atomic E-state index is 14.0. The largest absolute Gasteiger partial charge is 0.489 e. The minimum atomic E-state index is -4.36. The summed E-state index contributed by atoms with van der Waals surface area (Å²) in [6, 6.07) is 2.28. The van der Waals surface area contributed by atoms with Gasteiger partial charge < -0.3 is 10.1 Å². The Morgan fingerprint density at radius 3 is 2.52 bits per heavy atom. The van der Waals surface area contributed by atoms with Crippen molar-refractivity contribution in [3.8, 4) is 5.75 Å². The second kappa shape index (κ2) is 9.75. The van der Waals surface area contributed by atoms with Gasteiger partial charge in [0.05, 0.1) is 12.3 Å². The van der Waals surface area contributed by atoms with Crippen LogP contribution in [-0.4, -0.2) is 35.0 Å². The molecule has 0 aliphatic rings. The number of halogens is 7. The summed E-state index contributed by atoms with van der Waals surface area (Å²) in [5.41, 5.74) is -0.261. The number of rotatable bonds is 8. The molecule has 4 nitrogen and oxygen atoms in total. The number of nitrogens with zero attached hydrogens (tertiary/aromatic N) is 2. The van der Waals surface area contributed by atoms with Crippen LogP contribution in [0.1, 0.15) is 23.5 Å². The number of alkyl halides is 5. The van der Waals surface area contributed by atoms with Gasteiger partial charge in [0.1, 0.15) is 29.0 Å². The monoisotopic (exact) mass is 459 g/mol. The lowest BCUT2D eigenvalue weighted by molar-refractivity contribution is -0.105. The molecule has 0 saturated heterocycles. The van der Waals surface area contributed by atoms with E-state index in [4.69, 9.17) is 16.3 Å². The number of nitrogens with one attached hydrogen (secondary N) is 1. The molecule has 0 fully saturated rings. The third-order valence-electron chi connectivity index (χ3n) is 3.47. The Bertz CT molecular complexity index is 866. The first-order valence-corrected chi connectivity index (χ1v) is 9.53. The van der Waals surface area contributed by atoms with E-state index in [2.05, 4.69) is 15.3 Å². The molecule has 0 aliphatic heterocycles. The van der Waals surface area contributed by atoms with Gasteiger partial charge in [-0.25, -0.2) is 23.1 Å². The SMILES string of the molecule is Cc1nc(NCCOc2cc(SCC(F)(F)F)c(C)cc2F)c(Cl)c(C(F)F)n1. The maximum Gasteiger partial charge on any atom is 0.398 e. The van der Waals surface area contributed by atoms with Gasteiger partial charge in [-0.2, -0.15) is 13.2 Å². The van der Waals surface area contributed by atoms with Crippen LogP contribution in [0.2, 0.25) is 5.02 Å². The third-order valence-corrected chi connectivity index (χ3v) is 5.06. The van der Waals surface area contributed by atoms with Gasteiger partial charge in [-0.3, -0.25) is 0 Å². The zero-order valence-electron chi connectivity index (χ0n) is 15.2. The normalized spacial score (nSPS) is 11.8. The predicted octanol–water partition coefficient (Wildman–Crippen LogP) is 5.97. The van der Waals surface area contributed by atoms with Crippen LogP contribution in [0, 0.1) is 19.7 Å². The highest BCUT2D eigenvalue weighted by atomic mass is 35.5. The summed E-state index contributed by atoms with van der Waals surface area (Å²) in [5, 5.41) is 2.36. The van der Waals surface area contributed by atoms with Crippen LogP contribution in [0.25, 0.3) is 0 Å². The lowest BCUT2D eigenvalue weighted by atomic mass is 10.2. The summed E-state index contributed by atoms with van der Waals surface area (Å²) in [6.45, 7) is 2.82. The molecule has 12 heteroatoms. The second-order valence-electron chi connectivity index (χ2n) is 5.85. The minimum Gasteiger partial charge on any atom is -0.489 e. The first-order chi connectivity index (χ1) is 13.5. The summed E-state index contributed by atoms with van der Waals surface area (Å²) in [6.07, 6.45) is -7.24.